The maximum absolute atomic E-state index is 10.9. The third-order valence-corrected chi connectivity index (χ3v) is 2.33. The van der Waals surface area contributed by atoms with Gasteiger partial charge in [0.25, 0.3) is 0 Å². The molecule has 4 heteroatoms. The third kappa shape index (κ3) is 2.81. The van der Waals surface area contributed by atoms with Gasteiger partial charge in [0.05, 0.1) is 18.2 Å². The Morgan fingerprint density at radius 3 is 2.65 bits per heavy atom. The van der Waals surface area contributed by atoms with Gasteiger partial charge in [-0.15, -0.1) is 0 Å². The lowest BCUT2D eigenvalue weighted by molar-refractivity contribution is -0.254. The van der Waals surface area contributed by atoms with E-state index in [2.05, 4.69) is 10.3 Å². The number of carboxylic acid groups (broad SMARTS) is 1. The minimum absolute atomic E-state index is 0.156. The summed E-state index contributed by atoms with van der Waals surface area (Å²) in [5.74, 6) is -1.19. The zero-order valence-electron chi connectivity index (χ0n) is 9.09. The van der Waals surface area contributed by atoms with Crippen LogP contribution in [0.4, 0.5) is 5.69 Å². The van der Waals surface area contributed by atoms with Gasteiger partial charge in [-0.2, -0.15) is 0 Å². The second-order valence-corrected chi connectivity index (χ2v) is 3.51. The number of aromatic nitrogens is 1. The molecule has 0 fully saturated rings. The minimum atomic E-state index is -1.19. The first-order chi connectivity index (χ1) is 8.27. The maximum atomic E-state index is 10.9. The third-order valence-electron chi connectivity index (χ3n) is 2.33. The lowest BCUT2D eigenvalue weighted by Gasteiger charge is -2.12. The Hall–Kier alpha value is -2.36. The lowest BCUT2D eigenvalue weighted by atomic mass is 10.2. The number of carbonyl (C=O) groups is 1. The predicted molar refractivity (Wildman–Crippen MR) is 62.3 cm³/mol. The molecule has 17 heavy (non-hydrogen) atoms. The Labute approximate surface area is 98.9 Å². The molecular weight excluding hydrogens is 216 g/mol. The van der Waals surface area contributed by atoms with Crippen molar-refractivity contribution in [3.05, 3.63) is 59.9 Å². The van der Waals surface area contributed by atoms with E-state index in [1.165, 1.54) is 6.07 Å². The molecule has 0 aliphatic carbocycles. The van der Waals surface area contributed by atoms with E-state index in [-0.39, 0.29) is 5.56 Å². The van der Waals surface area contributed by atoms with Crippen LogP contribution in [0.3, 0.4) is 0 Å². The van der Waals surface area contributed by atoms with Crippen LogP contribution in [0.25, 0.3) is 0 Å². The number of para-hydroxylation sites is 1. The summed E-state index contributed by atoms with van der Waals surface area (Å²) >= 11 is 0. The van der Waals surface area contributed by atoms with Crippen molar-refractivity contribution in [1.82, 2.24) is 4.98 Å². The van der Waals surface area contributed by atoms with Gasteiger partial charge in [0.1, 0.15) is 0 Å². The smallest absolute Gasteiger partial charge is 0.0736 e. The number of rotatable bonds is 4. The molecule has 1 aromatic heterocycles. The summed E-state index contributed by atoms with van der Waals surface area (Å²) in [4.78, 5) is 15.0. The number of hydrogen-bond acceptors (Lipinski definition) is 4. The van der Waals surface area contributed by atoms with Crippen LogP contribution in [0.5, 0.6) is 0 Å². The number of pyridine rings is 1. The van der Waals surface area contributed by atoms with Crippen molar-refractivity contribution in [2.75, 3.05) is 5.32 Å². The van der Waals surface area contributed by atoms with Gasteiger partial charge in [-0.25, -0.2) is 0 Å². The van der Waals surface area contributed by atoms with Crippen molar-refractivity contribution in [2.45, 2.75) is 6.54 Å². The van der Waals surface area contributed by atoms with Crippen LogP contribution < -0.4 is 10.4 Å². The summed E-state index contributed by atoms with van der Waals surface area (Å²) in [5.41, 5.74) is 1.54. The average Bonchev–Trinajstić information content (AvgIpc) is 2.38. The second kappa shape index (κ2) is 5.12. The molecule has 0 aliphatic rings. The largest absolute Gasteiger partial charge is 0.545 e. The van der Waals surface area contributed by atoms with Crippen molar-refractivity contribution >= 4 is 11.7 Å². The van der Waals surface area contributed by atoms with Crippen LogP contribution in [0.2, 0.25) is 0 Å². The first kappa shape index (κ1) is 11.1. The molecule has 0 bridgehead atoms. The number of anilines is 1. The average molecular weight is 227 g/mol. The van der Waals surface area contributed by atoms with E-state index in [1.807, 2.05) is 18.2 Å². The van der Waals surface area contributed by atoms with Gasteiger partial charge < -0.3 is 15.2 Å². The molecule has 4 nitrogen and oxygen atoms in total. The summed E-state index contributed by atoms with van der Waals surface area (Å²) in [6.45, 7) is 0.477. The SMILES string of the molecule is O=C([O-])c1ccccc1NCc1ccccn1. The number of hydrogen-bond donors (Lipinski definition) is 1. The standard InChI is InChI=1S/C13H12N2O2/c16-13(17)11-6-1-2-7-12(11)15-9-10-5-3-4-8-14-10/h1-8,15H,9H2,(H,16,17)/p-1. The van der Waals surface area contributed by atoms with Crippen LogP contribution in [0.1, 0.15) is 16.1 Å². The summed E-state index contributed by atoms with van der Waals surface area (Å²) in [6.07, 6.45) is 1.70. The van der Waals surface area contributed by atoms with E-state index >= 15 is 0 Å². The molecule has 2 rings (SSSR count). The van der Waals surface area contributed by atoms with Crippen molar-refractivity contribution < 1.29 is 9.90 Å². The second-order valence-electron chi connectivity index (χ2n) is 3.51. The van der Waals surface area contributed by atoms with Crippen LogP contribution in [0, 0.1) is 0 Å². The first-order valence-electron chi connectivity index (χ1n) is 5.21. The quantitative estimate of drug-likeness (QED) is 0.848. The van der Waals surface area contributed by atoms with Gasteiger partial charge in [-0.3, -0.25) is 4.98 Å². The molecule has 0 amide bonds. The normalized spacial score (nSPS) is 9.88. The summed E-state index contributed by atoms with van der Waals surface area (Å²) in [5, 5.41) is 13.9. The topological polar surface area (TPSA) is 65.0 Å². The Balaban J connectivity index is 2.12. The minimum Gasteiger partial charge on any atom is -0.545 e. The molecule has 1 N–H and O–H groups in total. The van der Waals surface area contributed by atoms with E-state index < -0.39 is 5.97 Å². The molecule has 2 aromatic rings. The summed E-state index contributed by atoms with van der Waals surface area (Å²) in [7, 11) is 0. The predicted octanol–water partition coefficient (Wildman–Crippen LogP) is 1.06. The van der Waals surface area contributed by atoms with Crippen molar-refractivity contribution in [1.29, 1.82) is 0 Å². The van der Waals surface area contributed by atoms with Gasteiger partial charge >= 0.3 is 0 Å². The van der Waals surface area contributed by atoms with Gasteiger partial charge in [0.15, 0.2) is 0 Å². The molecular formula is C13H11N2O2-. The van der Waals surface area contributed by atoms with E-state index in [4.69, 9.17) is 0 Å². The summed E-state index contributed by atoms with van der Waals surface area (Å²) in [6, 6.07) is 12.2. The van der Waals surface area contributed by atoms with Gasteiger partial charge in [0, 0.05) is 17.4 Å². The number of nitrogens with zero attached hydrogens (tertiary/aromatic N) is 1. The highest BCUT2D eigenvalue weighted by atomic mass is 16.4. The van der Waals surface area contributed by atoms with Crippen molar-refractivity contribution in [3.63, 3.8) is 0 Å². The van der Waals surface area contributed by atoms with E-state index in [1.54, 1.807) is 24.4 Å². The van der Waals surface area contributed by atoms with Gasteiger partial charge in [-0.1, -0.05) is 24.3 Å². The summed E-state index contributed by atoms with van der Waals surface area (Å²) < 4.78 is 0. The number of nitrogens with one attached hydrogen (secondary N) is 1. The maximum Gasteiger partial charge on any atom is 0.0736 e. The lowest BCUT2D eigenvalue weighted by Crippen LogP contribution is -2.23. The van der Waals surface area contributed by atoms with Gasteiger partial charge in [-0.05, 0) is 18.2 Å². The molecule has 1 heterocycles. The van der Waals surface area contributed by atoms with Crippen LogP contribution in [-0.4, -0.2) is 11.0 Å². The fourth-order valence-corrected chi connectivity index (χ4v) is 1.50. The zero-order chi connectivity index (χ0) is 12.1. The molecule has 0 radical (unpaired) electrons. The van der Waals surface area contributed by atoms with Crippen LogP contribution in [0.15, 0.2) is 48.7 Å². The Bertz CT molecular complexity index is 512. The van der Waals surface area contributed by atoms with Crippen molar-refractivity contribution in [2.24, 2.45) is 0 Å². The fraction of sp³-hybridized carbons (Fsp3) is 0.0769. The van der Waals surface area contributed by atoms with E-state index in [0.717, 1.165) is 5.69 Å². The number of carbonyl (C=O) groups excluding carboxylic acids is 1. The Morgan fingerprint density at radius 2 is 1.94 bits per heavy atom. The van der Waals surface area contributed by atoms with E-state index in [9.17, 15) is 9.90 Å². The van der Waals surface area contributed by atoms with Gasteiger partial charge in [0.2, 0.25) is 0 Å². The monoisotopic (exact) mass is 227 g/mol. The number of benzene rings is 1. The molecule has 0 saturated heterocycles. The van der Waals surface area contributed by atoms with Crippen molar-refractivity contribution in [3.8, 4) is 0 Å². The van der Waals surface area contributed by atoms with E-state index in [0.29, 0.717) is 12.2 Å². The Kier molecular flexibility index (Phi) is 3.35. The molecule has 0 saturated carbocycles. The highest BCUT2D eigenvalue weighted by Crippen LogP contribution is 2.14. The highest BCUT2D eigenvalue weighted by molar-refractivity contribution is 5.92. The molecule has 0 spiro atoms. The Morgan fingerprint density at radius 1 is 1.18 bits per heavy atom. The van der Waals surface area contributed by atoms with Crippen LogP contribution in [-0.2, 0) is 6.54 Å². The molecule has 0 unspecified atom stereocenters. The number of aromatic carboxylic acids is 1. The highest BCUT2D eigenvalue weighted by Gasteiger charge is 2.01. The molecule has 1 aromatic carbocycles. The molecule has 86 valence electrons. The molecule has 0 atom stereocenters. The fourth-order valence-electron chi connectivity index (χ4n) is 1.50. The first-order valence-corrected chi connectivity index (χ1v) is 5.21. The number of carboxylic acids is 1. The van der Waals surface area contributed by atoms with Crippen LogP contribution >= 0.6 is 0 Å². The zero-order valence-corrected chi connectivity index (χ0v) is 9.09. The molecule has 0 aliphatic heterocycles.